The fourth-order valence-electron chi connectivity index (χ4n) is 3.55. The third-order valence-electron chi connectivity index (χ3n) is 5.22. The Kier molecular flexibility index (Phi) is 5.10. The van der Waals surface area contributed by atoms with Gasteiger partial charge >= 0.3 is 11.6 Å². The number of rotatable bonds is 5. The van der Waals surface area contributed by atoms with Crippen LogP contribution >= 0.6 is 0 Å². The van der Waals surface area contributed by atoms with E-state index in [1.54, 1.807) is 48.5 Å². The molecule has 1 aliphatic heterocycles. The molecule has 0 fully saturated rings. The Balaban J connectivity index is 1.43. The van der Waals surface area contributed by atoms with Crippen molar-refractivity contribution < 1.29 is 32.9 Å². The molecule has 0 N–H and O–H groups in total. The van der Waals surface area contributed by atoms with Crippen molar-refractivity contribution in [3.63, 3.8) is 0 Å². The molecule has 166 valence electrons. The van der Waals surface area contributed by atoms with Crippen LogP contribution < -0.4 is 29.3 Å². The highest BCUT2D eigenvalue weighted by molar-refractivity contribution is 5.92. The number of carbonyl (C=O) groups is 1. The second-order valence-electron chi connectivity index (χ2n) is 7.17. The molecule has 0 saturated heterocycles. The molecule has 4 aromatic rings. The summed E-state index contributed by atoms with van der Waals surface area (Å²) in [6.45, 7) is 0.149. The monoisotopic (exact) mass is 446 g/mol. The van der Waals surface area contributed by atoms with E-state index in [0.717, 1.165) is 0 Å². The first-order valence-electron chi connectivity index (χ1n) is 9.98. The van der Waals surface area contributed by atoms with Crippen LogP contribution in [-0.2, 0) is 0 Å². The number of esters is 1. The maximum Gasteiger partial charge on any atom is 0.344 e. The van der Waals surface area contributed by atoms with Crippen LogP contribution in [0.3, 0.4) is 0 Å². The van der Waals surface area contributed by atoms with E-state index in [0.29, 0.717) is 45.1 Å². The molecule has 3 aromatic carbocycles. The van der Waals surface area contributed by atoms with Gasteiger partial charge in [-0.3, -0.25) is 0 Å². The molecule has 0 bridgehead atoms. The van der Waals surface area contributed by atoms with Gasteiger partial charge in [0.1, 0.15) is 11.3 Å². The molecule has 2 heterocycles. The molecular formula is C25H18O8. The number of benzene rings is 3. The zero-order valence-electron chi connectivity index (χ0n) is 17.7. The molecule has 0 atom stereocenters. The Morgan fingerprint density at radius 3 is 2.48 bits per heavy atom. The van der Waals surface area contributed by atoms with E-state index < -0.39 is 11.6 Å². The summed E-state index contributed by atoms with van der Waals surface area (Å²) in [6, 6.07) is 16.5. The van der Waals surface area contributed by atoms with Crippen molar-refractivity contribution >= 4 is 16.9 Å². The number of ether oxygens (including phenoxy) is 5. The minimum Gasteiger partial charge on any atom is -0.493 e. The standard InChI is InChI=1S/C25H18O8/c1-28-19-7-5-16(11-22(19)29-2)24(26)32-17-6-3-15-9-18(25(27)33-21(15)12-17)14-4-8-20-23(10-14)31-13-30-20/h3-12H,13H2,1-2H3. The van der Waals surface area contributed by atoms with E-state index in [-0.39, 0.29) is 18.1 Å². The van der Waals surface area contributed by atoms with Crippen molar-refractivity contribution in [2.45, 2.75) is 0 Å². The topological polar surface area (TPSA) is 93.4 Å². The van der Waals surface area contributed by atoms with Crippen LogP contribution in [0.25, 0.3) is 22.1 Å². The molecule has 0 aliphatic carbocycles. The molecule has 8 heteroatoms. The average Bonchev–Trinajstić information content (AvgIpc) is 3.31. The molecule has 8 nitrogen and oxygen atoms in total. The van der Waals surface area contributed by atoms with Gasteiger partial charge in [0.25, 0.3) is 0 Å². The number of carbonyl (C=O) groups excluding carboxylic acids is 1. The molecule has 1 aliphatic rings. The van der Waals surface area contributed by atoms with E-state index in [1.807, 2.05) is 0 Å². The lowest BCUT2D eigenvalue weighted by Crippen LogP contribution is -2.09. The van der Waals surface area contributed by atoms with Crippen LogP contribution in [0, 0.1) is 0 Å². The number of methoxy groups -OCH3 is 2. The van der Waals surface area contributed by atoms with Gasteiger partial charge < -0.3 is 28.1 Å². The first-order valence-corrected chi connectivity index (χ1v) is 9.98. The summed E-state index contributed by atoms with van der Waals surface area (Å²) >= 11 is 0. The molecule has 5 rings (SSSR count). The molecule has 0 unspecified atom stereocenters. The van der Waals surface area contributed by atoms with E-state index in [4.69, 9.17) is 28.1 Å². The lowest BCUT2D eigenvalue weighted by atomic mass is 10.1. The highest BCUT2D eigenvalue weighted by atomic mass is 16.7. The minimum atomic E-state index is -0.588. The normalized spacial score (nSPS) is 11.9. The van der Waals surface area contributed by atoms with Crippen molar-refractivity contribution in [2.75, 3.05) is 21.0 Å². The predicted molar refractivity (Wildman–Crippen MR) is 119 cm³/mol. The molecular weight excluding hydrogens is 428 g/mol. The van der Waals surface area contributed by atoms with Crippen molar-refractivity contribution in [3.8, 4) is 39.9 Å². The molecule has 33 heavy (non-hydrogen) atoms. The quantitative estimate of drug-likeness (QED) is 0.253. The van der Waals surface area contributed by atoms with Crippen LogP contribution in [0.5, 0.6) is 28.7 Å². The van der Waals surface area contributed by atoms with Gasteiger partial charge in [-0.25, -0.2) is 9.59 Å². The molecule has 0 amide bonds. The Morgan fingerprint density at radius 2 is 1.67 bits per heavy atom. The summed E-state index contributed by atoms with van der Waals surface area (Å²) in [5.41, 5.74) is 1.09. The zero-order valence-corrected chi connectivity index (χ0v) is 17.7. The largest absolute Gasteiger partial charge is 0.493 e. The maximum absolute atomic E-state index is 12.6. The predicted octanol–water partition coefficient (Wildman–Crippen LogP) is 4.43. The molecule has 1 aromatic heterocycles. The summed E-state index contributed by atoms with van der Waals surface area (Å²) < 4.78 is 32.1. The van der Waals surface area contributed by atoms with Crippen molar-refractivity contribution in [1.29, 1.82) is 0 Å². The third kappa shape index (κ3) is 3.82. The van der Waals surface area contributed by atoms with Crippen LogP contribution in [-0.4, -0.2) is 27.0 Å². The number of hydrogen-bond acceptors (Lipinski definition) is 8. The first kappa shape index (κ1) is 20.4. The van der Waals surface area contributed by atoms with Crippen LogP contribution in [0.15, 0.2) is 69.9 Å². The van der Waals surface area contributed by atoms with Crippen molar-refractivity contribution in [3.05, 3.63) is 76.6 Å². The summed E-state index contributed by atoms with van der Waals surface area (Å²) in [5.74, 6) is 1.76. The Morgan fingerprint density at radius 1 is 0.848 bits per heavy atom. The number of fused-ring (bicyclic) bond motifs is 2. The summed E-state index contributed by atoms with van der Waals surface area (Å²) in [6.07, 6.45) is 0. The van der Waals surface area contributed by atoms with Crippen molar-refractivity contribution in [2.24, 2.45) is 0 Å². The van der Waals surface area contributed by atoms with Gasteiger partial charge in [0, 0.05) is 11.5 Å². The highest BCUT2D eigenvalue weighted by Crippen LogP contribution is 2.36. The smallest absolute Gasteiger partial charge is 0.344 e. The van der Waals surface area contributed by atoms with Gasteiger partial charge in [0.2, 0.25) is 6.79 Å². The lowest BCUT2D eigenvalue weighted by Gasteiger charge is -2.10. The number of hydrogen-bond donors (Lipinski definition) is 0. The van der Waals surface area contributed by atoms with Crippen LogP contribution in [0.2, 0.25) is 0 Å². The summed E-state index contributed by atoms with van der Waals surface area (Å²) in [4.78, 5) is 25.2. The molecule has 0 spiro atoms. The maximum atomic E-state index is 12.6. The second kappa shape index (κ2) is 8.23. The van der Waals surface area contributed by atoms with E-state index in [2.05, 4.69) is 0 Å². The highest BCUT2D eigenvalue weighted by Gasteiger charge is 2.17. The summed E-state index contributed by atoms with van der Waals surface area (Å²) in [5, 5.41) is 0.674. The second-order valence-corrected chi connectivity index (χ2v) is 7.17. The average molecular weight is 446 g/mol. The Labute approximate surface area is 187 Å². The van der Waals surface area contributed by atoms with Crippen LogP contribution in [0.1, 0.15) is 10.4 Å². The minimum absolute atomic E-state index is 0.149. The van der Waals surface area contributed by atoms with E-state index >= 15 is 0 Å². The van der Waals surface area contributed by atoms with Gasteiger partial charge in [-0.2, -0.15) is 0 Å². The van der Waals surface area contributed by atoms with Gasteiger partial charge in [-0.1, -0.05) is 6.07 Å². The van der Waals surface area contributed by atoms with Crippen molar-refractivity contribution in [1.82, 2.24) is 0 Å². The first-order chi connectivity index (χ1) is 16.1. The Bertz CT molecular complexity index is 1440. The van der Waals surface area contributed by atoms with Gasteiger partial charge in [-0.05, 0) is 54.1 Å². The lowest BCUT2D eigenvalue weighted by molar-refractivity contribution is 0.0734. The molecule has 0 saturated carbocycles. The van der Waals surface area contributed by atoms with E-state index in [1.165, 1.54) is 26.4 Å². The van der Waals surface area contributed by atoms with Gasteiger partial charge in [0.15, 0.2) is 23.0 Å². The van der Waals surface area contributed by atoms with Gasteiger partial charge in [0.05, 0.1) is 25.3 Å². The SMILES string of the molecule is COc1ccc(C(=O)Oc2ccc3cc(-c4ccc5c(c4)OCO5)c(=O)oc3c2)cc1OC. The zero-order chi connectivity index (χ0) is 22.9. The fraction of sp³-hybridized carbons (Fsp3) is 0.120. The summed E-state index contributed by atoms with van der Waals surface area (Å²) in [7, 11) is 2.99. The Hall–Kier alpha value is -4.46. The van der Waals surface area contributed by atoms with Crippen LogP contribution in [0.4, 0.5) is 0 Å². The fourth-order valence-corrected chi connectivity index (χ4v) is 3.55. The molecule has 0 radical (unpaired) electrons. The third-order valence-corrected chi connectivity index (χ3v) is 5.22. The van der Waals surface area contributed by atoms with E-state index in [9.17, 15) is 9.59 Å². The van der Waals surface area contributed by atoms with Gasteiger partial charge in [-0.15, -0.1) is 0 Å².